The summed E-state index contributed by atoms with van der Waals surface area (Å²) >= 11 is 0. The van der Waals surface area contributed by atoms with Crippen LogP contribution in [0.5, 0.6) is 5.75 Å². The summed E-state index contributed by atoms with van der Waals surface area (Å²) in [6.45, 7) is 3.29. The van der Waals surface area contributed by atoms with Crippen molar-refractivity contribution in [3.8, 4) is 5.75 Å². The number of nitrogens with zero attached hydrogens (tertiary/aromatic N) is 1. The number of aryl methyl sites for hydroxylation is 2. The molecule has 2 N–H and O–H groups in total. The van der Waals surface area contributed by atoms with Crippen LogP contribution in [0.2, 0.25) is 0 Å². The summed E-state index contributed by atoms with van der Waals surface area (Å²) in [5.41, 5.74) is 8.38. The van der Waals surface area contributed by atoms with Crippen LogP contribution in [0, 0.1) is 6.92 Å². The minimum Gasteiger partial charge on any atom is -0.493 e. The van der Waals surface area contributed by atoms with Gasteiger partial charge in [0.25, 0.3) is 5.91 Å². The third kappa shape index (κ3) is 5.48. The molecule has 0 spiro atoms. The molecule has 1 heterocycles. The molecular weight excluding hydrogens is 342 g/mol. The molecular formula is C21H25N3O3. The summed E-state index contributed by atoms with van der Waals surface area (Å²) in [7, 11) is 0. The van der Waals surface area contributed by atoms with Crippen LogP contribution in [0.25, 0.3) is 0 Å². The summed E-state index contributed by atoms with van der Waals surface area (Å²) in [4.78, 5) is 26.1. The number of hydrazine groups is 1. The van der Waals surface area contributed by atoms with E-state index in [1.54, 1.807) is 0 Å². The van der Waals surface area contributed by atoms with Gasteiger partial charge in [0.2, 0.25) is 5.91 Å². The average molecular weight is 367 g/mol. The normalized spacial score (nSPS) is 12.9. The molecule has 0 saturated carbocycles. The quantitative estimate of drug-likeness (QED) is 0.769. The average Bonchev–Trinajstić information content (AvgIpc) is 2.67. The van der Waals surface area contributed by atoms with Gasteiger partial charge in [-0.1, -0.05) is 30.3 Å². The van der Waals surface area contributed by atoms with Gasteiger partial charge in [0.1, 0.15) is 5.75 Å². The van der Waals surface area contributed by atoms with Gasteiger partial charge >= 0.3 is 0 Å². The molecule has 3 rings (SSSR count). The van der Waals surface area contributed by atoms with Crippen molar-refractivity contribution in [3.05, 3.63) is 59.7 Å². The Balaban J connectivity index is 1.38. The van der Waals surface area contributed by atoms with Gasteiger partial charge in [0.05, 0.1) is 19.6 Å². The SMILES string of the molecule is Cc1cccc(OCCC(=O)NNC(=O)CN2CCCc3ccccc32)c1. The van der Waals surface area contributed by atoms with E-state index in [-0.39, 0.29) is 31.4 Å². The van der Waals surface area contributed by atoms with Crippen LogP contribution in [0.15, 0.2) is 48.5 Å². The van der Waals surface area contributed by atoms with Crippen molar-refractivity contribution in [3.63, 3.8) is 0 Å². The van der Waals surface area contributed by atoms with Gasteiger partial charge < -0.3 is 9.64 Å². The molecule has 0 bridgehead atoms. The van der Waals surface area contributed by atoms with Crippen molar-refractivity contribution in [1.82, 2.24) is 10.9 Å². The van der Waals surface area contributed by atoms with E-state index in [4.69, 9.17) is 4.74 Å². The molecule has 2 amide bonds. The van der Waals surface area contributed by atoms with Crippen molar-refractivity contribution in [2.75, 3.05) is 24.6 Å². The third-order valence-corrected chi connectivity index (χ3v) is 4.47. The van der Waals surface area contributed by atoms with Gasteiger partial charge in [0, 0.05) is 12.2 Å². The highest BCUT2D eigenvalue weighted by molar-refractivity contribution is 5.85. The van der Waals surface area contributed by atoms with Crippen LogP contribution >= 0.6 is 0 Å². The number of hydrogen-bond donors (Lipinski definition) is 2. The number of carbonyl (C=O) groups is 2. The van der Waals surface area contributed by atoms with Gasteiger partial charge in [-0.3, -0.25) is 20.4 Å². The summed E-state index contributed by atoms with van der Waals surface area (Å²) in [6, 6.07) is 15.8. The molecule has 2 aromatic rings. The number of anilines is 1. The smallest absolute Gasteiger partial charge is 0.257 e. The number of rotatable bonds is 6. The Morgan fingerprint density at radius 1 is 1.07 bits per heavy atom. The molecule has 6 nitrogen and oxygen atoms in total. The van der Waals surface area contributed by atoms with Gasteiger partial charge in [0.15, 0.2) is 0 Å². The Labute approximate surface area is 159 Å². The maximum absolute atomic E-state index is 12.2. The maximum atomic E-state index is 12.2. The van der Waals surface area contributed by atoms with E-state index in [1.807, 2.05) is 54.3 Å². The molecule has 0 atom stereocenters. The van der Waals surface area contributed by atoms with Gasteiger partial charge in [-0.05, 0) is 49.1 Å². The van der Waals surface area contributed by atoms with E-state index < -0.39 is 0 Å². The molecule has 0 aromatic heterocycles. The predicted molar refractivity (Wildman–Crippen MR) is 105 cm³/mol. The van der Waals surface area contributed by atoms with Crippen LogP contribution in [0.3, 0.4) is 0 Å². The van der Waals surface area contributed by atoms with Gasteiger partial charge in [-0.25, -0.2) is 0 Å². The van der Waals surface area contributed by atoms with Crippen molar-refractivity contribution in [2.24, 2.45) is 0 Å². The number of fused-ring (bicyclic) bond motifs is 1. The van der Waals surface area contributed by atoms with Crippen molar-refractivity contribution < 1.29 is 14.3 Å². The van der Waals surface area contributed by atoms with E-state index in [0.29, 0.717) is 0 Å². The van der Waals surface area contributed by atoms with Crippen LogP contribution in [-0.2, 0) is 16.0 Å². The topological polar surface area (TPSA) is 70.7 Å². The molecule has 0 radical (unpaired) electrons. The number of ether oxygens (including phenoxy) is 1. The van der Waals surface area contributed by atoms with Crippen LogP contribution < -0.4 is 20.5 Å². The minimum atomic E-state index is -0.282. The first kappa shape index (κ1) is 18.8. The van der Waals surface area contributed by atoms with Gasteiger partial charge in [-0.2, -0.15) is 0 Å². The molecule has 27 heavy (non-hydrogen) atoms. The Morgan fingerprint density at radius 2 is 1.89 bits per heavy atom. The first-order valence-electron chi connectivity index (χ1n) is 9.22. The number of benzene rings is 2. The highest BCUT2D eigenvalue weighted by atomic mass is 16.5. The highest BCUT2D eigenvalue weighted by Gasteiger charge is 2.18. The van der Waals surface area contributed by atoms with E-state index >= 15 is 0 Å². The number of hydrogen-bond acceptors (Lipinski definition) is 4. The van der Waals surface area contributed by atoms with E-state index in [2.05, 4.69) is 16.9 Å². The fraction of sp³-hybridized carbons (Fsp3) is 0.333. The van der Waals surface area contributed by atoms with Crippen LogP contribution in [-0.4, -0.2) is 31.5 Å². The number of carbonyl (C=O) groups excluding carboxylic acids is 2. The lowest BCUT2D eigenvalue weighted by molar-refractivity contribution is -0.128. The van der Waals surface area contributed by atoms with E-state index in [1.165, 1.54) is 5.56 Å². The van der Waals surface area contributed by atoms with Gasteiger partial charge in [-0.15, -0.1) is 0 Å². The third-order valence-electron chi connectivity index (χ3n) is 4.47. The second-order valence-electron chi connectivity index (χ2n) is 6.67. The molecule has 6 heteroatoms. The molecule has 0 fully saturated rings. The zero-order valence-electron chi connectivity index (χ0n) is 15.5. The molecule has 1 aliphatic rings. The largest absolute Gasteiger partial charge is 0.493 e. The summed E-state index contributed by atoms with van der Waals surface area (Å²) in [5.74, 6) is 0.213. The Morgan fingerprint density at radius 3 is 2.74 bits per heavy atom. The summed E-state index contributed by atoms with van der Waals surface area (Å²) in [5, 5.41) is 0. The lowest BCUT2D eigenvalue weighted by atomic mass is 10.0. The number of para-hydroxylation sites is 1. The zero-order valence-corrected chi connectivity index (χ0v) is 15.5. The first-order valence-corrected chi connectivity index (χ1v) is 9.22. The van der Waals surface area contributed by atoms with Crippen molar-refractivity contribution in [2.45, 2.75) is 26.2 Å². The van der Waals surface area contributed by atoms with Crippen LogP contribution in [0.1, 0.15) is 24.0 Å². The standard InChI is InChI=1S/C21H25N3O3/c1-16-6-4-9-18(14-16)27-13-11-20(25)22-23-21(26)15-24-12-5-8-17-7-2-3-10-19(17)24/h2-4,6-7,9-10,14H,5,8,11-13,15H2,1H3,(H,22,25)(H,23,26). The molecule has 0 unspecified atom stereocenters. The number of nitrogens with one attached hydrogen (secondary N) is 2. The highest BCUT2D eigenvalue weighted by Crippen LogP contribution is 2.26. The lowest BCUT2D eigenvalue weighted by Gasteiger charge is -2.30. The second-order valence-corrected chi connectivity index (χ2v) is 6.67. The second kappa shape index (κ2) is 9.07. The molecule has 0 aliphatic carbocycles. The summed E-state index contributed by atoms with van der Waals surface area (Å²) in [6.07, 6.45) is 2.22. The Kier molecular flexibility index (Phi) is 6.30. The summed E-state index contributed by atoms with van der Waals surface area (Å²) < 4.78 is 5.54. The first-order chi connectivity index (χ1) is 13.1. The molecule has 1 aliphatic heterocycles. The number of amides is 2. The maximum Gasteiger partial charge on any atom is 0.257 e. The zero-order chi connectivity index (χ0) is 19.1. The fourth-order valence-electron chi connectivity index (χ4n) is 3.16. The Hall–Kier alpha value is -3.02. The van der Waals surface area contributed by atoms with Crippen molar-refractivity contribution in [1.29, 1.82) is 0 Å². The Bertz CT molecular complexity index is 807. The molecule has 142 valence electrons. The lowest BCUT2D eigenvalue weighted by Crippen LogP contribution is -2.47. The van der Waals surface area contributed by atoms with Crippen molar-refractivity contribution >= 4 is 17.5 Å². The van der Waals surface area contributed by atoms with Crippen LogP contribution in [0.4, 0.5) is 5.69 Å². The van der Waals surface area contributed by atoms with E-state index in [9.17, 15) is 9.59 Å². The molecule has 2 aromatic carbocycles. The fourth-order valence-corrected chi connectivity index (χ4v) is 3.16. The molecule has 0 saturated heterocycles. The van der Waals surface area contributed by atoms with E-state index in [0.717, 1.165) is 36.4 Å². The minimum absolute atomic E-state index is 0.167. The predicted octanol–water partition coefficient (Wildman–Crippen LogP) is 2.36. The monoisotopic (exact) mass is 367 g/mol.